The van der Waals surface area contributed by atoms with Crippen molar-refractivity contribution in [2.45, 2.75) is 38.6 Å². The van der Waals surface area contributed by atoms with Crippen molar-refractivity contribution < 1.29 is 19.4 Å². The first-order chi connectivity index (χ1) is 7.65. The number of ether oxygens (including phenoxy) is 1. The lowest BCUT2D eigenvalue weighted by molar-refractivity contribution is -0.143. The summed E-state index contributed by atoms with van der Waals surface area (Å²) in [6.07, 6.45) is 2.85. The van der Waals surface area contributed by atoms with Gasteiger partial charge in [0.2, 0.25) is 5.91 Å². The predicted molar refractivity (Wildman–Crippen MR) is 58.0 cm³/mol. The number of carbonyl (C=O) groups is 2. The van der Waals surface area contributed by atoms with Crippen molar-refractivity contribution in [3.8, 4) is 0 Å². The molecule has 0 radical (unpaired) electrons. The van der Waals surface area contributed by atoms with Crippen LogP contribution < -0.4 is 5.32 Å². The van der Waals surface area contributed by atoms with E-state index >= 15 is 0 Å². The number of carboxylic acids is 1. The lowest BCUT2D eigenvalue weighted by atomic mass is 10.0. The minimum atomic E-state index is -0.966. The molecule has 1 rings (SSSR count). The fourth-order valence-electron chi connectivity index (χ4n) is 1.78. The molecule has 0 spiro atoms. The van der Waals surface area contributed by atoms with E-state index in [-0.39, 0.29) is 11.8 Å². The Balaban J connectivity index is 2.43. The number of hydrogen-bond donors (Lipinski definition) is 2. The van der Waals surface area contributed by atoms with Crippen LogP contribution in [0.25, 0.3) is 0 Å². The average molecular weight is 229 g/mol. The fraction of sp³-hybridized carbons (Fsp3) is 0.818. The van der Waals surface area contributed by atoms with Crippen molar-refractivity contribution in [2.75, 3.05) is 13.2 Å². The summed E-state index contributed by atoms with van der Waals surface area (Å²) in [6, 6.07) is -0.764. The number of hydrogen-bond acceptors (Lipinski definition) is 3. The molecule has 0 bridgehead atoms. The summed E-state index contributed by atoms with van der Waals surface area (Å²) in [5.41, 5.74) is 0. The second-order valence-corrected chi connectivity index (χ2v) is 4.10. The van der Waals surface area contributed by atoms with Crippen LogP contribution in [-0.4, -0.2) is 36.2 Å². The first-order valence-electron chi connectivity index (χ1n) is 5.76. The van der Waals surface area contributed by atoms with E-state index < -0.39 is 12.0 Å². The monoisotopic (exact) mass is 229 g/mol. The molecular weight excluding hydrogens is 210 g/mol. The highest BCUT2D eigenvalue weighted by molar-refractivity contribution is 5.85. The van der Waals surface area contributed by atoms with Gasteiger partial charge in [-0.25, -0.2) is 4.79 Å². The third-order valence-corrected chi connectivity index (χ3v) is 2.72. The molecule has 1 aliphatic rings. The summed E-state index contributed by atoms with van der Waals surface area (Å²) in [7, 11) is 0. The lowest BCUT2D eigenvalue weighted by Crippen LogP contribution is -2.45. The third kappa shape index (κ3) is 3.81. The van der Waals surface area contributed by atoms with Gasteiger partial charge in [-0.2, -0.15) is 0 Å². The molecular formula is C11H19NO4. The van der Waals surface area contributed by atoms with Crippen LogP contribution in [-0.2, 0) is 14.3 Å². The molecule has 1 saturated heterocycles. The van der Waals surface area contributed by atoms with Gasteiger partial charge in [0.15, 0.2) is 0 Å². The molecule has 16 heavy (non-hydrogen) atoms. The Hall–Kier alpha value is -1.10. The minimum absolute atomic E-state index is 0.188. The smallest absolute Gasteiger partial charge is 0.326 e. The predicted octanol–water partition coefficient (Wildman–Crippen LogP) is 0.782. The van der Waals surface area contributed by atoms with Crippen molar-refractivity contribution in [3.05, 3.63) is 0 Å². The standard InChI is InChI=1S/C11H19NO4/c1-2-4-9(11(14)15)12-10(13)8-5-3-6-16-7-8/h8-9H,2-7H2,1H3,(H,12,13)(H,14,15)/t8?,9-/m1/s1. The van der Waals surface area contributed by atoms with E-state index in [1.54, 1.807) is 0 Å². The normalized spacial score (nSPS) is 22.4. The molecule has 0 aromatic heterocycles. The third-order valence-electron chi connectivity index (χ3n) is 2.72. The van der Waals surface area contributed by atoms with Crippen LogP contribution in [0.4, 0.5) is 0 Å². The highest BCUT2D eigenvalue weighted by Crippen LogP contribution is 2.14. The maximum Gasteiger partial charge on any atom is 0.326 e. The van der Waals surface area contributed by atoms with Crippen LogP contribution in [0.15, 0.2) is 0 Å². The quantitative estimate of drug-likeness (QED) is 0.730. The molecule has 0 aromatic carbocycles. The van der Waals surface area contributed by atoms with Gasteiger partial charge in [0.25, 0.3) is 0 Å². The zero-order chi connectivity index (χ0) is 12.0. The molecule has 0 saturated carbocycles. The molecule has 1 fully saturated rings. The van der Waals surface area contributed by atoms with E-state index in [0.29, 0.717) is 19.6 Å². The lowest BCUT2D eigenvalue weighted by Gasteiger charge is -2.23. The van der Waals surface area contributed by atoms with E-state index in [2.05, 4.69) is 5.32 Å². The molecule has 2 N–H and O–H groups in total. The first-order valence-corrected chi connectivity index (χ1v) is 5.76. The summed E-state index contributed by atoms with van der Waals surface area (Å²) in [5.74, 6) is -1.35. The molecule has 2 atom stereocenters. The first kappa shape index (κ1) is 13.0. The Labute approximate surface area is 95.2 Å². The minimum Gasteiger partial charge on any atom is -0.480 e. The van der Waals surface area contributed by atoms with Crippen LogP contribution in [0.3, 0.4) is 0 Å². The maximum absolute atomic E-state index is 11.7. The number of carboxylic acid groups (broad SMARTS) is 1. The summed E-state index contributed by atoms with van der Waals surface area (Å²) in [5, 5.41) is 11.5. The summed E-state index contributed by atoms with van der Waals surface area (Å²) in [4.78, 5) is 22.6. The molecule has 0 aromatic rings. The summed E-state index contributed by atoms with van der Waals surface area (Å²) >= 11 is 0. The Kier molecular flexibility index (Phi) is 5.25. The Bertz CT molecular complexity index is 248. The number of aliphatic carboxylic acids is 1. The topological polar surface area (TPSA) is 75.6 Å². The molecule has 5 nitrogen and oxygen atoms in total. The Morgan fingerprint density at radius 3 is 2.81 bits per heavy atom. The van der Waals surface area contributed by atoms with E-state index in [9.17, 15) is 9.59 Å². The summed E-state index contributed by atoms with van der Waals surface area (Å²) < 4.78 is 5.20. The van der Waals surface area contributed by atoms with E-state index in [0.717, 1.165) is 19.3 Å². The zero-order valence-corrected chi connectivity index (χ0v) is 9.57. The fourth-order valence-corrected chi connectivity index (χ4v) is 1.78. The summed E-state index contributed by atoms with van der Waals surface area (Å²) in [6.45, 7) is 3.00. The number of rotatable bonds is 5. The van der Waals surface area contributed by atoms with Crippen LogP contribution in [0, 0.1) is 5.92 Å². The van der Waals surface area contributed by atoms with Gasteiger partial charge in [-0.05, 0) is 19.3 Å². The maximum atomic E-state index is 11.7. The van der Waals surface area contributed by atoms with Crippen LogP contribution >= 0.6 is 0 Å². The van der Waals surface area contributed by atoms with Crippen molar-refractivity contribution in [3.63, 3.8) is 0 Å². The van der Waals surface area contributed by atoms with Gasteiger partial charge in [-0.3, -0.25) is 4.79 Å². The number of carbonyl (C=O) groups excluding carboxylic acids is 1. The van der Waals surface area contributed by atoms with Crippen LogP contribution in [0.1, 0.15) is 32.6 Å². The van der Waals surface area contributed by atoms with Gasteiger partial charge in [-0.15, -0.1) is 0 Å². The molecule has 0 aliphatic carbocycles. The Morgan fingerprint density at radius 2 is 2.31 bits per heavy atom. The number of nitrogens with one attached hydrogen (secondary N) is 1. The largest absolute Gasteiger partial charge is 0.480 e. The van der Waals surface area contributed by atoms with Crippen molar-refractivity contribution in [2.24, 2.45) is 5.92 Å². The van der Waals surface area contributed by atoms with Crippen molar-refractivity contribution in [1.29, 1.82) is 0 Å². The van der Waals surface area contributed by atoms with Crippen LogP contribution in [0.5, 0.6) is 0 Å². The molecule has 5 heteroatoms. The average Bonchev–Trinajstić information content (AvgIpc) is 2.29. The number of amides is 1. The van der Waals surface area contributed by atoms with E-state index in [4.69, 9.17) is 9.84 Å². The SMILES string of the molecule is CCC[C@@H](NC(=O)C1CCCOC1)C(=O)O. The second-order valence-electron chi connectivity index (χ2n) is 4.10. The van der Waals surface area contributed by atoms with Crippen LogP contribution in [0.2, 0.25) is 0 Å². The van der Waals surface area contributed by atoms with Crippen molar-refractivity contribution >= 4 is 11.9 Å². The highest BCUT2D eigenvalue weighted by Gasteiger charge is 2.26. The van der Waals surface area contributed by atoms with Gasteiger partial charge < -0.3 is 15.2 Å². The van der Waals surface area contributed by atoms with E-state index in [1.165, 1.54) is 0 Å². The van der Waals surface area contributed by atoms with Gasteiger partial charge >= 0.3 is 5.97 Å². The molecule has 1 amide bonds. The molecule has 92 valence electrons. The molecule has 1 unspecified atom stereocenters. The van der Waals surface area contributed by atoms with Gasteiger partial charge in [0.05, 0.1) is 12.5 Å². The van der Waals surface area contributed by atoms with E-state index in [1.807, 2.05) is 6.92 Å². The van der Waals surface area contributed by atoms with Gasteiger partial charge in [0, 0.05) is 6.61 Å². The van der Waals surface area contributed by atoms with Gasteiger partial charge in [-0.1, -0.05) is 13.3 Å². The highest BCUT2D eigenvalue weighted by atomic mass is 16.5. The zero-order valence-electron chi connectivity index (χ0n) is 9.57. The van der Waals surface area contributed by atoms with Gasteiger partial charge in [0.1, 0.15) is 6.04 Å². The molecule has 1 aliphatic heterocycles. The Morgan fingerprint density at radius 1 is 1.56 bits per heavy atom. The second kappa shape index (κ2) is 6.48. The van der Waals surface area contributed by atoms with Crippen molar-refractivity contribution in [1.82, 2.24) is 5.32 Å². The molecule has 1 heterocycles.